The molecule has 98 valence electrons. The number of rotatable bonds is 5. The molecule has 1 aliphatic carbocycles. The number of aromatic nitrogens is 3. The maximum absolute atomic E-state index is 11.7. The van der Waals surface area contributed by atoms with Crippen molar-refractivity contribution in [2.75, 3.05) is 6.61 Å². The van der Waals surface area contributed by atoms with Crippen molar-refractivity contribution in [3.05, 3.63) is 11.4 Å². The number of nitrogens with two attached hydrogens (primary N) is 1. The van der Waals surface area contributed by atoms with Crippen molar-refractivity contribution >= 4 is 11.9 Å². The Kier molecular flexibility index (Phi) is 3.31. The lowest BCUT2D eigenvalue weighted by atomic mass is 10.2. The van der Waals surface area contributed by atoms with Crippen molar-refractivity contribution in [2.24, 2.45) is 5.73 Å². The molecule has 1 fully saturated rings. The van der Waals surface area contributed by atoms with E-state index in [0.29, 0.717) is 5.69 Å². The van der Waals surface area contributed by atoms with E-state index in [0.717, 1.165) is 12.8 Å². The Labute approximate surface area is 104 Å². The first kappa shape index (κ1) is 12.5. The highest BCUT2D eigenvalue weighted by Gasteiger charge is 2.36. The zero-order valence-electron chi connectivity index (χ0n) is 10.4. The topological polar surface area (TPSA) is 100 Å². The Bertz CT molecular complexity index is 479. The monoisotopic (exact) mass is 252 g/mol. The molecule has 0 aromatic carbocycles. The lowest BCUT2D eigenvalue weighted by molar-refractivity contribution is -0.121. The number of nitrogens with zero attached hydrogens (tertiary/aromatic N) is 3. The quantitative estimate of drug-likeness (QED) is 0.763. The molecule has 0 bridgehead atoms. The Morgan fingerprint density at radius 3 is 2.72 bits per heavy atom. The summed E-state index contributed by atoms with van der Waals surface area (Å²) < 4.78 is 6.37. The van der Waals surface area contributed by atoms with Crippen molar-refractivity contribution in [2.45, 2.75) is 38.6 Å². The molecule has 1 unspecified atom stereocenters. The van der Waals surface area contributed by atoms with Gasteiger partial charge in [-0.05, 0) is 26.7 Å². The number of ether oxygens (including phenoxy) is 1. The van der Waals surface area contributed by atoms with Gasteiger partial charge in [-0.25, -0.2) is 9.48 Å². The molecule has 0 radical (unpaired) electrons. The van der Waals surface area contributed by atoms with Crippen LogP contribution in [0.1, 0.15) is 54.8 Å². The van der Waals surface area contributed by atoms with Crippen LogP contribution in [0, 0.1) is 0 Å². The third kappa shape index (κ3) is 2.20. The molecule has 0 aliphatic heterocycles. The summed E-state index contributed by atoms with van der Waals surface area (Å²) in [4.78, 5) is 23.0. The predicted octanol–water partition coefficient (Wildman–Crippen LogP) is 0.378. The Morgan fingerprint density at radius 1 is 1.56 bits per heavy atom. The van der Waals surface area contributed by atoms with Crippen molar-refractivity contribution in [1.29, 1.82) is 0 Å². The predicted molar refractivity (Wildman–Crippen MR) is 61.9 cm³/mol. The van der Waals surface area contributed by atoms with E-state index in [1.165, 1.54) is 4.68 Å². The average molecular weight is 252 g/mol. The van der Waals surface area contributed by atoms with E-state index in [1.807, 2.05) is 0 Å². The van der Waals surface area contributed by atoms with Crippen LogP contribution in [-0.2, 0) is 9.53 Å². The minimum absolute atomic E-state index is 0.201. The van der Waals surface area contributed by atoms with Gasteiger partial charge in [0.05, 0.1) is 12.3 Å². The molecule has 1 aromatic heterocycles. The smallest absolute Gasteiger partial charge is 0.360 e. The fourth-order valence-corrected chi connectivity index (χ4v) is 1.79. The highest BCUT2D eigenvalue weighted by molar-refractivity contribution is 5.89. The lowest BCUT2D eigenvalue weighted by Crippen LogP contribution is -2.26. The highest BCUT2D eigenvalue weighted by Crippen LogP contribution is 2.42. The fourth-order valence-electron chi connectivity index (χ4n) is 1.79. The second-order valence-corrected chi connectivity index (χ2v) is 4.34. The van der Waals surface area contributed by atoms with Gasteiger partial charge in [-0.3, -0.25) is 4.79 Å². The Morgan fingerprint density at radius 2 is 2.22 bits per heavy atom. The molecule has 1 atom stereocenters. The average Bonchev–Trinajstić information content (AvgIpc) is 3.07. The van der Waals surface area contributed by atoms with E-state index in [1.54, 1.807) is 13.8 Å². The van der Waals surface area contributed by atoms with Crippen LogP contribution < -0.4 is 5.73 Å². The number of amides is 1. The SMILES string of the molecule is CCOC(=O)c1nnn(C(C)C(N)=O)c1C1CC1. The first-order valence-corrected chi connectivity index (χ1v) is 5.97. The minimum atomic E-state index is -0.615. The fraction of sp³-hybridized carbons (Fsp3) is 0.636. The molecular weight excluding hydrogens is 236 g/mol. The van der Waals surface area contributed by atoms with Gasteiger partial charge in [-0.2, -0.15) is 0 Å². The standard InChI is InChI=1S/C11H16N4O3/c1-3-18-11(17)8-9(7-4-5-7)15(14-13-8)6(2)10(12)16/h6-7H,3-5H2,1-2H3,(H2,12,16). The molecular formula is C11H16N4O3. The van der Waals surface area contributed by atoms with Gasteiger partial charge in [0.2, 0.25) is 5.91 Å². The van der Waals surface area contributed by atoms with Gasteiger partial charge >= 0.3 is 5.97 Å². The van der Waals surface area contributed by atoms with Crippen molar-refractivity contribution < 1.29 is 14.3 Å². The summed E-state index contributed by atoms with van der Waals surface area (Å²) in [6.45, 7) is 3.64. The van der Waals surface area contributed by atoms with Crippen LogP contribution in [0.5, 0.6) is 0 Å². The molecule has 1 amide bonds. The Hall–Kier alpha value is -1.92. The maximum atomic E-state index is 11.7. The summed E-state index contributed by atoms with van der Waals surface area (Å²) in [5, 5.41) is 7.70. The van der Waals surface area contributed by atoms with E-state index in [2.05, 4.69) is 10.3 Å². The van der Waals surface area contributed by atoms with E-state index in [9.17, 15) is 9.59 Å². The molecule has 1 aliphatic rings. The van der Waals surface area contributed by atoms with Crippen LogP contribution in [0.25, 0.3) is 0 Å². The molecule has 0 saturated heterocycles. The van der Waals surface area contributed by atoms with Gasteiger partial charge in [0.15, 0.2) is 5.69 Å². The van der Waals surface area contributed by atoms with Crippen molar-refractivity contribution in [1.82, 2.24) is 15.0 Å². The molecule has 0 spiro atoms. The number of hydrogen-bond donors (Lipinski definition) is 1. The third-order valence-corrected chi connectivity index (χ3v) is 2.94. The first-order chi connectivity index (χ1) is 8.56. The van der Waals surface area contributed by atoms with Crippen LogP contribution in [-0.4, -0.2) is 33.5 Å². The summed E-state index contributed by atoms with van der Waals surface area (Å²) >= 11 is 0. The molecule has 7 nitrogen and oxygen atoms in total. The third-order valence-electron chi connectivity index (χ3n) is 2.94. The number of carbonyl (C=O) groups excluding carboxylic acids is 2. The van der Waals surface area contributed by atoms with Crippen LogP contribution in [0.4, 0.5) is 0 Å². The van der Waals surface area contributed by atoms with Crippen LogP contribution in [0.3, 0.4) is 0 Å². The zero-order valence-corrected chi connectivity index (χ0v) is 10.4. The first-order valence-electron chi connectivity index (χ1n) is 5.97. The van der Waals surface area contributed by atoms with E-state index in [-0.39, 0.29) is 18.2 Å². The molecule has 1 heterocycles. The number of hydrogen-bond acceptors (Lipinski definition) is 5. The summed E-state index contributed by atoms with van der Waals surface area (Å²) in [5.41, 5.74) is 6.13. The van der Waals surface area contributed by atoms with Crippen molar-refractivity contribution in [3.8, 4) is 0 Å². The molecule has 1 saturated carbocycles. The molecule has 2 N–H and O–H groups in total. The highest BCUT2D eigenvalue weighted by atomic mass is 16.5. The molecule has 7 heteroatoms. The largest absolute Gasteiger partial charge is 0.461 e. The van der Waals surface area contributed by atoms with Crippen molar-refractivity contribution in [3.63, 3.8) is 0 Å². The van der Waals surface area contributed by atoms with Gasteiger partial charge in [0.25, 0.3) is 0 Å². The van der Waals surface area contributed by atoms with Gasteiger partial charge in [0, 0.05) is 5.92 Å². The Balaban J connectivity index is 2.37. The second kappa shape index (κ2) is 4.75. The molecule has 2 rings (SSSR count). The van der Waals surface area contributed by atoms with Gasteiger partial charge in [-0.15, -0.1) is 5.10 Å². The second-order valence-electron chi connectivity index (χ2n) is 4.34. The molecule has 18 heavy (non-hydrogen) atoms. The van der Waals surface area contributed by atoms with Crippen LogP contribution in [0.15, 0.2) is 0 Å². The summed E-state index contributed by atoms with van der Waals surface area (Å²) in [5.74, 6) is -0.777. The van der Waals surface area contributed by atoms with Crippen LogP contribution in [0.2, 0.25) is 0 Å². The van der Waals surface area contributed by atoms with E-state index in [4.69, 9.17) is 10.5 Å². The van der Waals surface area contributed by atoms with Gasteiger partial charge < -0.3 is 10.5 Å². The summed E-state index contributed by atoms with van der Waals surface area (Å²) in [6.07, 6.45) is 1.93. The minimum Gasteiger partial charge on any atom is -0.461 e. The van der Waals surface area contributed by atoms with E-state index < -0.39 is 17.9 Å². The maximum Gasteiger partial charge on any atom is 0.360 e. The summed E-state index contributed by atoms with van der Waals surface area (Å²) in [6, 6.07) is -0.615. The van der Waals surface area contributed by atoms with Gasteiger partial charge in [-0.1, -0.05) is 5.21 Å². The van der Waals surface area contributed by atoms with E-state index >= 15 is 0 Å². The number of esters is 1. The number of primary amides is 1. The van der Waals surface area contributed by atoms with Crippen LogP contribution >= 0.6 is 0 Å². The lowest BCUT2D eigenvalue weighted by Gasteiger charge is -2.11. The zero-order chi connectivity index (χ0) is 13.3. The normalized spacial score (nSPS) is 16.3. The van der Waals surface area contributed by atoms with Gasteiger partial charge in [0.1, 0.15) is 6.04 Å². The summed E-state index contributed by atoms with van der Waals surface area (Å²) in [7, 11) is 0. The molecule has 1 aromatic rings. The number of carbonyl (C=O) groups is 2.